The van der Waals surface area contributed by atoms with Crippen molar-refractivity contribution >= 4 is 16.8 Å². The second-order valence-electron chi connectivity index (χ2n) is 5.21. The van der Waals surface area contributed by atoms with Gasteiger partial charge in [-0.3, -0.25) is 9.00 Å². The molecule has 0 aliphatic heterocycles. The molecule has 0 amide bonds. The van der Waals surface area contributed by atoms with Gasteiger partial charge in [0.1, 0.15) is 5.25 Å². The molecule has 0 spiro atoms. The van der Waals surface area contributed by atoms with Gasteiger partial charge in [-0.15, -0.1) is 0 Å². The Morgan fingerprint density at radius 2 is 1.75 bits per heavy atom. The van der Waals surface area contributed by atoms with Gasteiger partial charge < -0.3 is 5.11 Å². The number of hydrogen-bond donors (Lipinski definition) is 1. The molecule has 2 atom stereocenters. The average Bonchev–Trinajstić information content (AvgIpc) is 2.17. The highest BCUT2D eigenvalue weighted by atomic mass is 32.2. The van der Waals surface area contributed by atoms with Crippen LogP contribution >= 0.6 is 0 Å². The number of carbonyl (C=O) groups is 1. The summed E-state index contributed by atoms with van der Waals surface area (Å²) >= 11 is 0. The number of aliphatic carboxylic acids is 1. The molecule has 0 aromatic carbocycles. The van der Waals surface area contributed by atoms with Crippen molar-refractivity contribution in [3.63, 3.8) is 0 Å². The van der Waals surface area contributed by atoms with E-state index in [1.807, 2.05) is 13.8 Å². The van der Waals surface area contributed by atoms with E-state index in [0.717, 1.165) is 25.7 Å². The molecule has 0 radical (unpaired) electrons. The number of carboxylic acid groups (broad SMARTS) is 1. The number of rotatable bonds is 4. The first-order valence-electron chi connectivity index (χ1n) is 6.05. The fraction of sp³-hybridized carbons (Fsp3) is 0.917. The van der Waals surface area contributed by atoms with E-state index >= 15 is 0 Å². The Balaban J connectivity index is 2.65. The summed E-state index contributed by atoms with van der Waals surface area (Å²) in [6, 6.07) is 0. The van der Waals surface area contributed by atoms with Crippen LogP contribution in [0.1, 0.15) is 46.5 Å². The van der Waals surface area contributed by atoms with E-state index in [2.05, 4.69) is 6.92 Å². The van der Waals surface area contributed by atoms with Gasteiger partial charge >= 0.3 is 5.97 Å². The third-order valence-electron chi connectivity index (χ3n) is 3.39. The molecule has 0 saturated heterocycles. The lowest BCUT2D eigenvalue weighted by Crippen LogP contribution is -2.38. The van der Waals surface area contributed by atoms with E-state index in [1.54, 1.807) is 0 Å². The summed E-state index contributed by atoms with van der Waals surface area (Å²) in [5, 5.41) is 8.50. The molecule has 1 fully saturated rings. The molecule has 1 aliphatic rings. The molecular weight excluding hydrogens is 224 g/mol. The van der Waals surface area contributed by atoms with Gasteiger partial charge in [0.2, 0.25) is 0 Å². The van der Waals surface area contributed by atoms with Crippen LogP contribution in [0.5, 0.6) is 0 Å². The Hall–Kier alpha value is -0.380. The highest BCUT2D eigenvalue weighted by Crippen LogP contribution is 2.29. The maximum absolute atomic E-state index is 12.2. The van der Waals surface area contributed by atoms with Gasteiger partial charge in [-0.25, -0.2) is 0 Å². The second-order valence-corrected chi connectivity index (χ2v) is 7.04. The molecule has 0 aromatic heterocycles. The number of carboxylic acids is 1. The third kappa shape index (κ3) is 3.30. The standard InChI is InChI=1S/C12H22O3S/c1-8(2)11(12(13)14)16(15)10-6-4-9(3)5-7-10/h8-11H,4-7H2,1-3H3,(H,13,14). The summed E-state index contributed by atoms with van der Waals surface area (Å²) in [6.07, 6.45) is 4.01. The molecule has 0 aromatic rings. The zero-order valence-electron chi connectivity index (χ0n) is 10.3. The SMILES string of the molecule is CC1CCC(S(=O)C(C(=O)O)C(C)C)CC1. The monoisotopic (exact) mass is 246 g/mol. The molecule has 3 nitrogen and oxygen atoms in total. The lowest BCUT2D eigenvalue weighted by atomic mass is 9.91. The Morgan fingerprint density at radius 3 is 2.12 bits per heavy atom. The summed E-state index contributed by atoms with van der Waals surface area (Å²) in [6.45, 7) is 5.88. The first-order valence-corrected chi connectivity index (χ1v) is 7.33. The fourth-order valence-corrected chi connectivity index (χ4v) is 4.21. The van der Waals surface area contributed by atoms with E-state index in [0.29, 0.717) is 5.92 Å². The molecule has 4 heteroatoms. The first kappa shape index (κ1) is 13.7. The maximum atomic E-state index is 12.2. The van der Waals surface area contributed by atoms with Crippen LogP contribution in [-0.4, -0.2) is 25.8 Å². The molecule has 94 valence electrons. The van der Waals surface area contributed by atoms with Crippen LogP contribution in [0.15, 0.2) is 0 Å². The Kier molecular flexibility index (Phi) is 4.96. The van der Waals surface area contributed by atoms with E-state index in [4.69, 9.17) is 5.11 Å². The maximum Gasteiger partial charge on any atom is 0.319 e. The van der Waals surface area contributed by atoms with E-state index in [9.17, 15) is 9.00 Å². The average molecular weight is 246 g/mol. The van der Waals surface area contributed by atoms with Crippen molar-refractivity contribution in [2.45, 2.75) is 57.0 Å². The van der Waals surface area contributed by atoms with E-state index in [-0.39, 0.29) is 11.2 Å². The molecular formula is C12H22O3S. The van der Waals surface area contributed by atoms with Crippen LogP contribution in [-0.2, 0) is 15.6 Å². The second kappa shape index (κ2) is 5.80. The van der Waals surface area contributed by atoms with Crippen LogP contribution in [0, 0.1) is 11.8 Å². The largest absolute Gasteiger partial charge is 0.480 e. The molecule has 2 unspecified atom stereocenters. The van der Waals surface area contributed by atoms with E-state index < -0.39 is 22.0 Å². The van der Waals surface area contributed by atoms with Gasteiger partial charge in [0.15, 0.2) is 0 Å². The predicted octanol–water partition coefficient (Wildman–Crippen LogP) is 2.42. The smallest absolute Gasteiger partial charge is 0.319 e. The van der Waals surface area contributed by atoms with Gasteiger partial charge in [0.05, 0.1) is 0 Å². The van der Waals surface area contributed by atoms with Gasteiger partial charge in [0.25, 0.3) is 0 Å². The lowest BCUT2D eigenvalue weighted by molar-refractivity contribution is -0.137. The summed E-state index contributed by atoms with van der Waals surface area (Å²) in [7, 11) is -1.22. The predicted molar refractivity (Wildman–Crippen MR) is 65.8 cm³/mol. The van der Waals surface area contributed by atoms with Crippen molar-refractivity contribution in [2.75, 3.05) is 0 Å². The van der Waals surface area contributed by atoms with Gasteiger partial charge in [-0.05, 0) is 37.5 Å². The molecule has 0 bridgehead atoms. The van der Waals surface area contributed by atoms with Crippen LogP contribution in [0.2, 0.25) is 0 Å². The highest BCUT2D eigenvalue weighted by molar-refractivity contribution is 7.87. The minimum Gasteiger partial charge on any atom is -0.480 e. The zero-order valence-corrected chi connectivity index (χ0v) is 11.1. The summed E-state index contributed by atoms with van der Waals surface area (Å²) in [5.74, 6) is -0.264. The lowest BCUT2D eigenvalue weighted by Gasteiger charge is -2.28. The minimum atomic E-state index is -1.22. The van der Waals surface area contributed by atoms with Crippen molar-refractivity contribution in [1.29, 1.82) is 0 Å². The normalized spacial score (nSPS) is 30.0. The fourth-order valence-electron chi connectivity index (χ4n) is 2.32. The number of hydrogen-bond acceptors (Lipinski definition) is 2. The van der Waals surface area contributed by atoms with Crippen molar-refractivity contribution in [1.82, 2.24) is 0 Å². The zero-order chi connectivity index (χ0) is 12.3. The summed E-state index contributed by atoms with van der Waals surface area (Å²) in [5.41, 5.74) is 0. The third-order valence-corrected chi connectivity index (χ3v) is 5.77. The van der Waals surface area contributed by atoms with Crippen molar-refractivity contribution in [3.05, 3.63) is 0 Å². The van der Waals surface area contributed by atoms with Gasteiger partial charge in [-0.1, -0.05) is 20.8 Å². The Labute approximate surface area is 100 Å². The van der Waals surface area contributed by atoms with Gasteiger partial charge in [0, 0.05) is 16.0 Å². The van der Waals surface area contributed by atoms with Crippen LogP contribution in [0.4, 0.5) is 0 Å². The van der Waals surface area contributed by atoms with Gasteiger partial charge in [-0.2, -0.15) is 0 Å². The minimum absolute atomic E-state index is 0.0577. The van der Waals surface area contributed by atoms with Crippen molar-refractivity contribution in [3.8, 4) is 0 Å². The van der Waals surface area contributed by atoms with E-state index in [1.165, 1.54) is 0 Å². The Bertz CT molecular complexity index is 267. The molecule has 0 heterocycles. The quantitative estimate of drug-likeness (QED) is 0.829. The summed E-state index contributed by atoms with van der Waals surface area (Å²) < 4.78 is 12.2. The molecule has 1 N–H and O–H groups in total. The Morgan fingerprint density at radius 1 is 1.25 bits per heavy atom. The topological polar surface area (TPSA) is 54.4 Å². The molecule has 1 saturated carbocycles. The molecule has 1 aliphatic carbocycles. The molecule has 16 heavy (non-hydrogen) atoms. The van der Waals surface area contributed by atoms with Crippen LogP contribution < -0.4 is 0 Å². The van der Waals surface area contributed by atoms with Crippen LogP contribution in [0.25, 0.3) is 0 Å². The summed E-state index contributed by atoms with van der Waals surface area (Å²) in [4.78, 5) is 11.1. The molecule has 1 rings (SSSR count). The first-order chi connectivity index (χ1) is 7.43. The van der Waals surface area contributed by atoms with Crippen molar-refractivity contribution < 1.29 is 14.1 Å². The van der Waals surface area contributed by atoms with Crippen molar-refractivity contribution in [2.24, 2.45) is 11.8 Å². The van der Waals surface area contributed by atoms with Crippen LogP contribution in [0.3, 0.4) is 0 Å². The highest BCUT2D eigenvalue weighted by Gasteiger charge is 2.34.